The number of Topliss-reactive ketones (excluding diaryl/α,β-unsaturated/α-hetero) is 2. The molecule has 9 heterocycles. The van der Waals surface area contributed by atoms with Gasteiger partial charge in [-0.05, 0) is 98.9 Å². The second-order valence-electron chi connectivity index (χ2n) is 34.7. The van der Waals surface area contributed by atoms with E-state index in [-0.39, 0.29) is 133 Å². The van der Waals surface area contributed by atoms with Crippen molar-refractivity contribution in [2.75, 3.05) is 20.3 Å². The van der Waals surface area contributed by atoms with E-state index in [0.29, 0.717) is 100 Å². The number of nitrogens with zero attached hydrogens (tertiary/aromatic N) is 13. The molecule has 8 aromatic carbocycles. The normalized spacial score (nSPS) is 14.4. The SMILES string of the molecule is CC1(CC(=O)c2ccccc2OCc2nc3nc(-c4ccccc4)[nH]n3c(=O)c2Cl)COC1.CCC1(CCC(=O)c2ccccc2OCc2nc3nc(-c4ccccc4)[nH]n3c(=O)c2Cl)CCC1.CN(C(=O)c1ccccc1OCc1nc2nc(-c3ccccc3)[nH]n2c(=O)c1Cl)C1CCCCC1.O=C(NC1CCCCC1)c1ccccc1OCc1nc2nc(-c3ccccc3)[nH]n2c(=O)c1Cl. The van der Waals surface area contributed by atoms with Crippen LogP contribution in [0.5, 0.6) is 23.0 Å². The summed E-state index contributed by atoms with van der Waals surface area (Å²) in [6.45, 7) is 5.09. The average molecular weight is 1930 g/mol. The minimum absolute atomic E-state index is 0.0224. The van der Waals surface area contributed by atoms with Crippen LogP contribution in [0, 0.1) is 10.8 Å². The molecule has 137 heavy (non-hydrogen) atoms. The van der Waals surface area contributed by atoms with Gasteiger partial charge in [0.2, 0.25) is 0 Å². The van der Waals surface area contributed by atoms with E-state index in [0.717, 1.165) is 86.5 Å². The summed E-state index contributed by atoms with van der Waals surface area (Å²) in [5, 5.41) is 14.6. The largest absolute Gasteiger partial charge is 0.486 e. The summed E-state index contributed by atoms with van der Waals surface area (Å²) < 4.78 is 33.9. The van der Waals surface area contributed by atoms with Gasteiger partial charge in [-0.25, -0.2) is 19.9 Å². The quantitative estimate of drug-likeness (QED) is 0.0284. The van der Waals surface area contributed by atoms with Crippen LogP contribution in [0.25, 0.3) is 68.7 Å². The van der Waals surface area contributed by atoms with E-state index < -0.39 is 22.2 Å². The molecule has 31 nitrogen and oxygen atoms in total. The van der Waals surface area contributed by atoms with Crippen LogP contribution < -0.4 is 46.5 Å². The maximum Gasteiger partial charge on any atom is 0.293 e. The summed E-state index contributed by atoms with van der Waals surface area (Å²) in [5.41, 5.74) is 4.53. The van der Waals surface area contributed by atoms with Crippen molar-refractivity contribution in [1.29, 1.82) is 0 Å². The first-order chi connectivity index (χ1) is 66.5. The van der Waals surface area contributed by atoms with Crippen LogP contribution in [0.4, 0.5) is 0 Å². The lowest BCUT2D eigenvalue weighted by molar-refractivity contribution is -0.0996. The summed E-state index contributed by atoms with van der Waals surface area (Å²) in [6.07, 6.45) is 17.5. The van der Waals surface area contributed by atoms with Crippen LogP contribution in [-0.2, 0) is 31.2 Å². The van der Waals surface area contributed by atoms with E-state index in [2.05, 4.69) is 72.5 Å². The van der Waals surface area contributed by atoms with Gasteiger partial charge in [0.05, 0.1) is 35.5 Å². The van der Waals surface area contributed by atoms with Gasteiger partial charge in [0, 0.05) is 59.6 Å². The van der Waals surface area contributed by atoms with E-state index in [1.54, 1.807) is 78.9 Å². The Balaban J connectivity index is 0.000000127. The number of amides is 2. The van der Waals surface area contributed by atoms with Gasteiger partial charge in [0.15, 0.2) is 34.9 Å². The molecule has 20 rings (SSSR count). The van der Waals surface area contributed by atoms with Gasteiger partial charge in [-0.15, -0.1) is 0 Å². The third kappa shape index (κ3) is 21.7. The van der Waals surface area contributed by atoms with Gasteiger partial charge in [0.25, 0.3) is 57.2 Å². The van der Waals surface area contributed by atoms with Gasteiger partial charge in [-0.2, -0.15) is 38.0 Å². The number of nitrogens with one attached hydrogen (secondary N) is 5. The van der Waals surface area contributed by atoms with E-state index >= 15 is 0 Å². The van der Waals surface area contributed by atoms with Gasteiger partial charge in [-0.3, -0.25) is 58.8 Å². The summed E-state index contributed by atoms with van der Waals surface area (Å²) in [5.74, 6) is 4.28. The molecular formula is C102H98Cl4N18O13. The number of ketones is 2. The number of carbonyl (C=O) groups is 4. The number of rotatable bonds is 28. The molecule has 8 aromatic heterocycles. The molecule has 3 saturated carbocycles. The maximum atomic E-state index is 13.2. The Kier molecular flexibility index (Phi) is 29.5. The number of hydrogen-bond acceptors (Lipinski definition) is 21. The van der Waals surface area contributed by atoms with Crippen molar-refractivity contribution < 1.29 is 42.9 Å². The molecule has 16 aromatic rings. The Hall–Kier alpha value is -14.2. The zero-order valence-corrected chi connectivity index (χ0v) is 78.4. The van der Waals surface area contributed by atoms with E-state index in [9.17, 15) is 38.4 Å². The second-order valence-corrected chi connectivity index (χ2v) is 36.2. The number of carbonyl (C=O) groups excluding carboxylic acids is 4. The van der Waals surface area contributed by atoms with E-state index in [4.69, 9.17) is 70.1 Å². The molecule has 2 amide bonds. The van der Waals surface area contributed by atoms with Crippen molar-refractivity contribution in [3.8, 4) is 68.5 Å². The molecule has 0 bridgehead atoms. The van der Waals surface area contributed by atoms with Crippen molar-refractivity contribution in [1.82, 2.24) is 88.5 Å². The summed E-state index contributed by atoms with van der Waals surface area (Å²) >= 11 is 25.3. The van der Waals surface area contributed by atoms with Crippen LogP contribution in [0.15, 0.2) is 238 Å². The van der Waals surface area contributed by atoms with Crippen LogP contribution in [0.2, 0.25) is 20.1 Å². The monoisotopic (exact) mass is 1920 g/mol. The number of benzene rings is 8. The summed E-state index contributed by atoms with van der Waals surface area (Å²) in [7, 11) is 1.85. The highest BCUT2D eigenvalue weighted by molar-refractivity contribution is 6.32. The topological polar surface area (TPSA) is 382 Å². The first-order valence-corrected chi connectivity index (χ1v) is 47.1. The van der Waals surface area contributed by atoms with Gasteiger partial charge >= 0.3 is 0 Å². The lowest BCUT2D eigenvalue weighted by atomic mass is 9.64. The molecule has 0 atom stereocenters. The highest BCUT2D eigenvalue weighted by atomic mass is 35.5. The molecule has 0 spiro atoms. The predicted molar refractivity (Wildman–Crippen MR) is 521 cm³/mol. The fourth-order valence-corrected chi connectivity index (χ4v) is 17.9. The first-order valence-electron chi connectivity index (χ1n) is 45.6. The minimum Gasteiger partial charge on any atom is -0.486 e. The summed E-state index contributed by atoms with van der Waals surface area (Å²) in [4.78, 5) is 141. The maximum absolute atomic E-state index is 13.2. The van der Waals surface area contributed by atoms with E-state index in [1.807, 2.05) is 158 Å². The molecule has 5 N–H and O–H groups in total. The zero-order valence-electron chi connectivity index (χ0n) is 75.3. The number of para-hydroxylation sites is 4. The molecule has 1 aliphatic heterocycles. The number of aromatic nitrogens is 16. The fourth-order valence-electron chi connectivity index (χ4n) is 17.2. The van der Waals surface area contributed by atoms with Crippen molar-refractivity contribution in [3.05, 3.63) is 325 Å². The van der Waals surface area contributed by atoms with Crippen LogP contribution >= 0.6 is 46.4 Å². The molecular weight excluding hydrogens is 1830 g/mol. The number of H-pyrrole nitrogens is 4. The van der Waals surface area contributed by atoms with Crippen LogP contribution in [0.3, 0.4) is 0 Å². The lowest BCUT2D eigenvalue weighted by Gasteiger charge is -2.41. The summed E-state index contributed by atoms with van der Waals surface area (Å²) in [6, 6.07) is 66.5. The highest BCUT2D eigenvalue weighted by Crippen LogP contribution is 2.48. The Morgan fingerprint density at radius 1 is 0.409 bits per heavy atom. The van der Waals surface area contributed by atoms with E-state index in [1.165, 1.54) is 50.2 Å². The average Bonchev–Trinajstić information content (AvgIpc) is 1.67. The van der Waals surface area contributed by atoms with Gasteiger partial charge in [-0.1, -0.05) is 281 Å². The zero-order chi connectivity index (χ0) is 95.3. The first kappa shape index (κ1) is 94.5. The molecule has 1 saturated heterocycles. The number of ether oxygens (including phenoxy) is 5. The lowest BCUT2D eigenvalue weighted by Crippen LogP contribution is -2.41. The van der Waals surface area contributed by atoms with Crippen molar-refractivity contribution >= 4 is 92.9 Å². The molecule has 35 heteroatoms. The molecule has 4 fully saturated rings. The Morgan fingerprint density at radius 3 is 1.06 bits per heavy atom. The molecule has 0 radical (unpaired) electrons. The smallest absolute Gasteiger partial charge is 0.293 e. The molecule has 702 valence electrons. The number of fused-ring (bicyclic) bond motifs is 4. The van der Waals surface area contributed by atoms with Crippen molar-refractivity contribution in [2.45, 2.75) is 162 Å². The Morgan fingerprint density at radius 2 is 0.723 bits per heavy atom. The number of hydrogen-bond donors (Lipinski definition) is 5. The standard InChI is InChI=1S/C27H27ClN4O3.C26H26ClN5O3.C25H24ClN5O3.C24H21ClN4O4/c1-2-27(14-8-15-27)16-13-21(33)19-11-6-7-12-22(19)35-17-20-23(28)25(34)32-26(29-20)30-24(31-32)18-9-4-3-5-10-18;1-31(18-12-6-3-7-13-18)24(33)19-14-8-9-15-21(19)35-16-20-22(27)25(34)32-26(28-20)29-23(30-32)17-10-4-2-5-11-17;26-21-19(28-25-29-22(30-31(25)24(21)33)16-9-3-1-4-10-16)15-34-20-14-8-7-13-18(20)23(32)27-17-11-5-2-6-12-17;1-24(13-32-14-24)11-18(30)16-9-5-6-10-19(16)33-12-17-20(25)22(31)29-23(26-17)27-21(28-29)15-7-3-2-4-8-15/h3-7,9-12H,2,8,13-17H2,1H3,(H,29,30,31);2,4-5,8-11,14-15,18H,3,6-7,12-13,16H2,1H3,(H,28,29,30);1,3-4,7-10,13-14,17H,2,5-6,11-12,15H2,(H,27,32)(H,28,29,30);2-10H,11-14H2,1H3,(H,26,27,28). The molecule has 3 aliphatic carbocycles. The fraction of sp³-hybridized carbons (Fsp3) is 0.294. The number of aromatic amines is 4. The highest BCUT2D eigenvalue weighted by Gasteiger charge is 2.38. The minimum atomic E-state index is -0.475. The third-order valence-electron chi connectivity index (χ3n) is 25.2. The molecule has 4 aliphatic rings. The van der Waals surface area contributed by atoms with Gasteiger partial charge < -0.3 is 33.9 Å². The van der Waals surface area contributed by atoms with Crippen LogP contribution in [0.1, 0.15) is 187 Å². The van der Waals surface area contributed by atoms with Crippen molar-refractivity contribution in [2.24, 2.45) is 10.8 Å². The number of halogens is 4. The third-order valence-corrected chi connectivity index (χ3v) is 26.7. The van der Waals surface area contributed by atoms with Crippen molar-refractivity contribution in [3.63, 3.8) is 0 Å². The molecule has 0 unspecified atom stereocenters. The Labute approximate surface area is 805 Å². The van der Waals surface area contributed by atoms with Crippen LogP contribution in [-0.4, -0.2) is 139 Å². The van der Waals surface area contributed by atoms with Gasteiger partial charge in [0.1, 0.15) is 92.3 Å². The predicted octanol–water partition coefficient (Wildman–Crippen LogP) is 18.9. The second kappa shape index (κ2) is 42.8. The Bertz CT molecular complexity index is 7330.